The van der Waals surface area contributed by atoms with Crippen LogP contribution in [0.2, 0.25) is 0 Å². The van der Waals surface area contributed by atoms with E-state index in [1.807, 2.05) is 60.7 Å². The summed E-state index contributed by atoms with van der Waals surface area (Å²) in [5, 5.41) is 0. The lowest BCUT2D eigenvalue weighted by Crippen LogP contribution is -2.19. The van der Waals surface area contributed by atoms with E-state index in [-0.39, 0.29) is 12.3 Å². The van der Waals surface area contributed by atoms with Crippen molar-refractivity contribution in [2.45, 2.75) is 13.2 Å². The fraction of sp³-hybridized carbons (Fsp3) is 0.0909. The molecule has 0 fully saturated rings. The van der Waals surface area contributed by atoms with Crippen LogP contribution in [0.4, 0.5) is 0 Å². The fourth-order valence-electron chi connectivity index (χ4n) is 2.46. The van der Waals surface area contributed by atoms with E-state index in [9.17, 15) is 10.3 Å². The molecule has 0 radical (unpaired) electrons. The van der Waals surface area contributed by atoms with Crippen LogP contribution in [-0.4, -0.2) is 16.5 Å². The third-order valence-corrected chi connectivity index (χ3v) is 3.88. The molecular formula is C22H18N2O3. The van der Waals surface area contributed by atoms with Crippen LogP contribution < -0.4 is 4.74 Å². The molecule has 134 valence electrons. The Balaban J connectivity index is 1.60. The third-order valence-electron chi connectivity index (χ3n) is 3.88. The number of benzene rings is 3. The number of nitrogens with zero attached hydrogens (tertiary/aromatic N) is 2. The van der Waals surface area contributed by atoms with Gasteiger partial charge in [0.15, 0.2) is 0 Å². The number of hydrogen-bond donors (Lipinski definition) is 0. The van der Waals surface area contributed by atoms with Crippen LogP contribution in [0.25, 0.3) is 5.53 Å². The highest BCUT2D eigenvalue weighted by atomic mass is 16.5. The molecule has 0 amide bonds. The van der Waals surface area contributed by atoms with E-state index in [2.05, 4.69) is 4.79 Å². The van der Waals surface area contributed by atoms with Gasteiger partial charge in [0, 0.05) is 0 Å². The van der Waals surface area contributed by atoms with E-state index in [0.717, 1.165) is 11.1 Å². The number of hydrogen-bond acceptors (Lipinski definition) is 3. The number of carbonyl (C=O) groups excluding carboxylic acids is 1. The molecule has 0 aliphatic heterocycles. The molecule has 5 nitrogen and oxygen atoms in total. The van der Waals surface area contributed by atoms with Crippen LogP contribution in [0.3, 0.4) is 0 Å². The van der Waals surface area contributed by atoms with Gasteiger partial charge < -0.3 is 15.0 Å². The Morgan fingerprint density at radius 1 is 0.778 bits per heavy atom. The molecule has 5 heteroatoms. The molecule has 0 saturated heterocycles. The van der Waals surface area contributed by atoms with Crippen molar-refractivity contribution in [3.63, 3.8) is 0 Å². The second-order valence-electron chi connectivity index (χ2n) is 5.81. The molecule has 3 aromatic rings. The molecule has 3 aromatic carbocycles. The van der Waals surface area contributed by atoms with Crippen molar-refractivity contribution in [1.29, 1.82) is 0 Å². The van der Waals surface area contributed by atoms with Gasteiger partial charge in [-0.3, -0.25) is 0 Å². The topological polar surface area (TPSA) is 71.9 Å². The van der Waals surface area contributed by atoms with Gasteiger partial charge in [0.05, 0.1) is 5.56 Å². The molecule has 3 rings (SSSR count). The zero-order valence-corrected chi connectivity index (χ0v) is 14.6. The molecule has 0 aliphatic rings. The van der Waals surface area contributed by atoms with Crippen molar-refractivity contribution in [2.24, 2.45) is 0 Å². The van der Waals surface area contributed by atoms with Crippen LogP contribution in [-0.2, 0) is 22.7 Å². The monoisotopic (exact) mass is 358 g/mol. The van der Waals surface area contributed by atoms with Gasteiger partial charge in [-0.05, 0) is 35.4 Å². The highest BCUT2D eigenvalue weighted by Gasteiger charge is 2.24. The summed E-state index contributed by atoms with van der Waals surface area (Å²) in [5.41, 5.74) is 11.4. The van der Waals surface area contributed by atoms with Crippen molar-refractivity contribution in [3.8, 4) is 5.75 Å². The van der Waals surface area contributed by atoms with Crippen LogP contribution in [0, 0.1) is 0 Å². The average molecular weight is 358 g/mol. The average Bonchev–Trinajstić information content (AvgIpc) is 2.74. The summed E-state index contributed by atoms with van der Waals surface area (Å²) in [6.45, 7) is 0.553. The second kappa shape index (κ2) is 9.13. The standard InChI is InChI=1S/C22H18N2O3/c23-24-21(22(25)27-16-18-9-5-2-6-10-18)19-11-13-20(14-12-19)26-15-17-7-3-1-4-8-17/h1-14H,15-16H2. The minimum Gasteiger partial charge on any atom is -0.489 e. The first kappa shape index (κ1) is 18.1. The van der Waals surface area contributed by atoms with Crippen molar-refractivity contribution in [3.05, 3.63) is 107 Å². The summed E-state index contributed by atoms with van der Waals surface area (Å²) in [6.07, 6.45) is 0. The van der Waals surface area contributed by atoms with Crippen LogP contribution in [0.1, 0.15) is 16.7 Å². The Hall–Kier alpha value is -3.69. The minimum atomic E-state index is -0.695. The van der Waals surface area contributed by atoms with E-state index in [4.69, 9.17) is 9.47 Å². The molecule has 0 heterocycles. The lowest BCUT2D eigenvalue weighted by atomic mass is 10.1. The summed E-state index contributed by atoms with van der Waals surface area (Å²) in [7, 11) is 0. The van der Waals surface area contributed by atoms with Gasteiger partial charge in [-0.2, -0.15) is 4.79 Å². The summed E-state index contributed by atoms with van der Waals surface area (Å²) in [6, 6.07) is 25.8. The highest BCUT2D eigenvalue weighted by Crippen LogP contribution is 2.15. The number of ether oxygens (including phenoxy) is 2. The normalized spacial score (nSPS) is 9.93. The zero-order chi connectivity index (χ0) is 18.9. The smallest absolute Gasteiger partial charge is 0.422 e. The number of carbonyl (C=O) groups is 1. The summed E-state index contributed by atoms with van der Waals surface area (Å²) in [5.74, 6) is -0.0446. The Bertz CT molecular complexity index is 932. The van der Waals surface area contributed by atoms with Crippen molar-refractivity contribution < 1.29 is 19.1 Å². The lowest BCUT2D eigenvalue weighted by Gasteiger charge is -2.06. The van der Waals surface area contributed by atoms with Crippen molar-refractivity contribution in [1.82, 2.24) is 0 Å². The number of rotatable bonds is 7. The molecule has 0 bridgehead atoms. The van der Waals surface area contributed by atoms with Gasteiger partial charge in [-0.25, -0.2) is 4.79 Å². The van der Waals surface area contributed by atoms with Crippen molar-refractivity contribution >= 4 is 11.7 Å². The zero-order valence-electron chi connectivity index (χ0n) is 14.6. The van der Waals surface area contributed by atoms with Gasteiger partial charge in [0.2, 0.25) is 0 Å². The van der Waals surface area contributed by atoms with E-state index in [1.54, 1.807) is 24.3 Å². The summed E-state index contributed by atoms with van der Waals surface area (Å²) < 4.78 is 10.9. The largest absolute Gasteiger partial charge is 0.489 e. The van der Waals surface area contributed by atoms with Crippen LogP contribution in [0.15, 0.2) is 84.9 Å². The Morgan fingerprint density at radius 2 is 1.33 bits per heavy atom. The maximum Gasteiger partial charge on any atom is 0.422 e. The maximum absolute atomic E-state index is 12.2. The van der Waals surface area contributed by atoms with Crippen molar-refractivity contribution in [2.75, 3.05) is 0 Å². The molecule has 0 saturated carbocycles. The first-order valence-corrected chi connectivity index (χ1v) is 8.46. The Labute approximate surface area is 157 Å². The second-order valence-corrected chi connectivity index (χ2v) is 5.81. The van der Waals surface area contributed by atoms with Gasteiger partial charge >= 0.3 is 11.7 Å². The number of esters is 1. The van der Waals surface area contributed by atoms with E-state index < -0.39 is 5.97 Å². The molecule has 0 atom stereocenters. The Kier molecular flexibility index (Phi) is 6.13. The minimum absolute atomic E-state index is 0.108. The molecular weight excluding hydrogens is 340 g/mol. The van der Waals surface area contributed by atoms with Gasteiger partial charge in [0.1, 0.15) is 19.0 Å². The predicted octanol–water partition coefficient (Wildman–Crippen LogP) is 4.03. The molecule has 0 N–H and O–H groups in total. The van der Waals surface area contributed by atoms with Crippen LogP contribution in [0.5, 0.6) is 5.75 Å². The Morgan fingerprint density at radius 3 is 1.89 bits per heavy atom. The molecule has 27 heavy (non-hydrogen) atoms. The first-order valence-electron chi connectivity index (χ1n) is 8.46. The van der Waals surface area contributed by atoms with Gasteiger partial charge in [0.25, 0.3) is 0 Å². The molecule has 0 aliphatic carbocycles. The van der Waals surface area contributed by atoms with Gasteiger partial charge in [-0.15, -0.1) is 0 Å². The van der Waals surface area contributed by atoms with E-state index >= 15 is 0 Å². The molecule has 0 spiro atoms. The quantitative estimate of drug-likeness (QED) is 0.277. The SMILES string of the molecule is [N-]=[N+]=C(C(=O)OCc1ccccc1)c1ccc(OCc2ccccc2)cc1. The van der Waals surface area contributed by atoms with E-state index in [1.165, 1.54) is 0 Å². The van der Waals surface area contributed by atoms with Gasteiger partial charge in [-0.1, -0.05) is 60.7 Å². The molecule has 0 unspecified atom stereocenters. The predicted molar refractivity (Wildman–Crippen MR) is 101 cm³/mol. The first-order chi connectivity index (χ1) is 13.3. The summed E-state index contributed by atoms with van der Waals surface area (Å²) >= 11 is 0. The third kappa shape index (κ3) is 5.14. The maximum atomic E-state index is 12.2. The van der Waals surface area contributed by atoms with Crippen LogP contribution >= 0.6 is 0 Å². The summed E-state index contributed by atoms with van der Waals surface area (Å²) in [4.78, 5) is 15.3. The van der Waals surface area contributed by atoms with E-state index in [0.29, 0.717) is 17.9 Å². The highest BCUT2D eigenvalue weighted by molar-refractivity contribution is 6.40. The molecule has 0 aromatic heterocycles. The lowest BCUT2D eigenvalue weighted by molar-refractivity contribution is -0.141. The fourth-order valence-corrected chi connectivity index (χ4v) is 2.46.